The van der Waals surface area contributed by atoms with Gasteiger partial charge in [0.25, 0.3) is 63.7 Å². The topological polar surface area (TPSA) is 520 Å². The van der Waals surface area contributed by atoms with E-state index in [0.717, 1.165) is 11.1 Å². The molecule has 0 unspecified atom stereocenters. The highest BCUT2D eigenvalue weighted by molar-refractivity contribution is 7.90. The highest BCUT2D eigenvalue weighted by Gasteiger charge is 2.34. The van der Waals surface area contributed by atoms with E-state index < -0.39 is 62.2 Å². The highest BCUT2D eigenvalue weighted by atomic mass is 32.2. The fourth-order valence-corrected chi connectivity index (χ4v) is 17.6. The van der Waals surface area contributed by atoms with Gasteiger partial charge in [-0.2, -0.15) is 0 Å². The maximum atomic E-state index is 12.9. The Morgan fingerprint density at radius 2 is 0.711 bits per heavy atom. The van der Waals surface area contributed by atoms with E-state index in [0.29, 0.717) is 107 Å². The molecule has 5 amide bonds. The highest BCUT2D eigenvalue weighted by Crippen LogP contribution is 2.34. The average molecular weight is 1820 g/mol. The molecule has 0 atom stereocenters. The number of fused-ring (bicyclic) bond motifs is 4. The van der Waals surface area contributed by atoms with E-state index in [4.69, 9.17) is 41.9 Å². The first-order chi connectivity index (χ1) is 60.1. The van der Waals surface area contributed by atoms with Gasteiger partial charge in [-0.25, -0.2) is 43.6 Å². The maximum Gasteiger partial charge on any atom is 0.259 e. The number of ketones is 1. The lowest BCUT2D eigenvalue weighted by atomic mass is 10.0. The van der Waals surface area contributed by atoms with Crippen molar-refractivity contribution >= 4 is 104 Å². The van der Waals surface area contributed by atoms with Crippen molar-refractivity contribution in [2.75, 3.05) is 31.7 Å². The molecule has 0 aliphatic carbocycles. The summed E-state index contributed by atoms with van der Waals surface area (Å²) in [5, 5.41) is 14.5. The Hall–Kier alpha value is -14.0. The first kappa shape index (κ1) is 94.7. The molecule has 6 heterocycles. The van der Waals surface area contributed by atoms with E-state index in [1.807, 2.05) is 82.3 Å². The van der Waals surface area contributed by atoms with Gasteiger partial charge >= 0.3 is 0 Å². The van der Waals surface area contributed by atoms with E-state index >= 15 is 0 Å². The number of Topliss-reactive ketones (excluding diaryl/α,β-unsaturated/α-hetero) is 1. The second-order valence-corrected chi connectivity index (χ2v) is 39.7. The van der Waals surface area contributed by atoms with Crippen LogP contribution in [-0.4, -0.2) is 155 Å². The Morgan fingerprint density at radius 1 is 0.391 bits per heavy atom. The number of carbonyl (C=O) groups is 6. The minimum absolute atomic E-state index is 0.0800. The molecule has 0 radical (unpaired) electrons. The van der Waals surface area contributed by atoms with Crippen molar-refractivity contribution in [1.29, 1.82) is 0 Å². The molecule has 0 spiro atoms. The molecule has 10 aromatic rings. The van der Waals surface area contributed by atoms with Crippen LogP contribution in [0.1, 0.15) is 173 Å². The van der Waals surface area contributed by atoms with E-state index in [1.54, 1.807) is 192 Å². The van der Waals surface area contributed by atoms with Crippen molar-refractivity contribution in [3.8, 4) is 39.9 Å². The van der Waals surface area contributed by atoms with Gasteiger partial charge in [0.1, 0.15) is 90.6 Å². The minimum atomic E-state index is -3.66. The lowest BCUT2D eigenvalue weighted by Crippen LogP contribution is -2.48. The van der Waals surface area contributed by atoms with E-state index in [9.17, 15) is 62.4 Å². The number of benzene rings is 8. The fraction of sp³-hybridized carbons (Fsp3) is 0.267. The molecule has 0 bridgehead atoms. The summed E-state index contributed by atoms with van der Waals surface area (Å²) in [5.74, 6) is -0.866. The number of amides is 5. The van der Waals surface area contributed by atoms with Crippen LogP contribution in [0.2, 0.25) is 0 Å². The Bertz CT molecular complexity index is 6580. The SMILES string of the molecule is CC(=O)c1cn(-c2cc(C(=O)NC(C)(C)COc3cccc4c3C(N)=NS(=O)(=O)C4)ccn2)cn1.CC(C)(COc1cccc2c1C(N)=NS(=O)(=O)C2)NC(=O)c1cccc(-c2ccccc2)c1.CC(C)(COc1cccc2c1C(N)=NS(=O)(=O)C2)NC(=O)c1ccccc1.CC(C)C(=O)Nc1cccc(C(=O)NC(C)(C)COc2cccc3c2C(N)=NS(=O)(=O)C3)c1. The zero-order valence-corrected chi connectivity index (χ0v) is 75.1. The molecule has 0 saturated heterocycles. The largest absolute Gasteiger partial charge is 0.490 e. The number of rotatable bonds is 25. The van der Waals surface area contributed by atoms with Gasteiger partial charge < -0.3 is 68.5 Å². The molecule has 14 rings (SSSR count). The molecule has 4 aliphatic rings. The summed E-state index contributed by atoms with van der Waals surface area (Å²) in [6.07, 6.45) is 4.50. The molecule has 13 N–H and O–H groups in total. The number of pyridine rings is 1. The molecule has 38 heteroatoms. The second-order valence-electron chi connectivity index (χ2n) is 33.1. The monoisotopic (exact) mass is 1820 g/mol. The van der Waals surface area contributed by atoms with Crippen molar-refractivity contribution in [3.63, 3.8) is 0 Å². The lowest BCUT2D eigenvalue weighted by molar-refractivity contribution is -0.118. The van der Waals surface area contributed by atoms with Gasteiger partial charge in [-0.3, -0.25) is 33.3 Å². The van der Waals surface area contributed by atoms with Crippen LogP contribution >= 0.6 is 0 Å². The molecule has 670 valence electrons. The van der Waals surface area contributed by atoms with E-state index in [1.165, 1.54) is 19.4 Å². The summed E-state index contributed by atoms with van der Waals surface area (Å²) >= 11 is 0. The zero-order valence-electron chi connectivity index (χ0n) is 71.9. The van der Waals surface area contributed by atoms with E-state index in [2.05, 4.69) is 54.1 Å². The summed E-state index contributed by atoms with van der Waals surface area (Å²) in [5.41, 5.74) is 29.2. The number of ether oxygens (including phenoxy) is 4. The Balaban J connectivity index is 0.000000166. The van der Waals surface area contributed by atoms with E-state index in [-0.39, 0.29) is 114 Å². The number of imidazole rings is 1. The molecule has 128 heavy (non-hydrogen) atoms. The first-order valence-electron chi connectivity index (χ1n) is 39.9. The third-order valence-electron chi connectivity index (χ3n) is 19.3. The van der Waals surface area contributed by atoms with Gasteiger partial charge in [0.2, 0.25) is 5.91 Å². The average Bonchev–Trinajstić information content (AvgIpc) is 0.950. The van der Waals surface area contributed by atoms with Crippen molar-refractivity contribution in [2.24, 2.45) is 46.4 Å². The van der Waals surface area contributed by atoms with Crippen LogP contribution in [0.4, 0.5) is 5.69 Å². The van der Waals surface area contributed by atoms with Gasteiger partial charge in [0, 0.05) is 53.2 Å². The van der Waals surface area contributed by atoms with Crippen LogP contribution in [-0.2, 0) is 67.9 Å². The molecule has 8 aromatic carbocycles. The normalized spacial score (nSPS) is 14.8. The van der Waals surface area contributed by atoms with Crippen LogP contribution in [0.25, 0.3) is 16.9 Å². The van der Waals surface area contributed by atoms with Crippen LogP contribution in [0.5, 0.6) is 23.0 Å². The number of nitrogens with zero attached hydrogens (tertiary/aromatic N) is 7. The number of anilines is 1. The molecule has 4 aliphatic heterocycles. The molecule has 2 aromatic heterocycles. The summed E-state index contributed by atoms with van der Waals surface area (Å²) in [6, 6.07) is 56.3. The summed E-state index contributed by atoms with van der Waals surface area (Å²) < 4.78 is 134. The predicted molar refractivity (Wildman–Crippen MR) is 487 cm³/mol. The Kier molecular flexibility index (Phi) is 28.8. The van der Waals surface area contributed by atoms with Gasteiger partial charge in [-0.1, -0.05) is 129 Å². The number of hydrogen-bond acceptors (Lipinski definition) is 24. The Morgan fingerprint density at radius 3 is 1.07 bits per heavy atom. The summed E-state index contributed by atoms with van der Waals surface area (Å²) in [4.78, 5) is 82.7. The number of sulfonamides is 4. The van der Waals surface area contributed by atoms with Crippen molar-refractivity contribution in [1.82, 2.24) is 35.8 Å². The molecule has 0 saturated carbocycles. The molecule has 34 nitrogen and oxygen atoms in total. The van der Waals surface area contributed by atoms with Gasteiger partial charge in [-0.05, 0) is 168 Å². The van der Waals surface area contributed by atoms with Gasteiger partial charge in [0.15, 0.2) is 5.78 Å². The van der Waals surface area contributed by atoms with Crippen LogP contribution < -0.4 is 68.5 Å². The van der Waals surface area contributed by atoms with Crippen LogP contribution in [0, 0.1) is 5.92 Å². The zero-order chi connectivity index (χ0) is 93.1. The number of amidine groups is 4. The molecular weight excluding hydrogens is 1720 g/mol. The smallest absolute Gasteiger partial charge is 0.259 e. The van der Waals surface area contributed by atoms with Gasteiger partial charge in [-0.15, -0.1) is 17.6 Å². The molecular formula is C90H98N16O18S4. The van der Waals surface area contributed by atoms with Crippen LogP contribution in [0.3, 0.4) is 0 Å². The third kappa shape index (κ3) is 25.4. The van der Waals surface area contributed by atoms with Crippen molar-refractivity contribution < 1.29 is 81.4 Å². The second kappa shape index (κ2) is 38.9. The summed E-state index contributed by atoms with van der Waals surface area (Å²) in [6.45, 7) is 20.0. The lowest BCUT2D eigenvalue weighted by Gasteiger charge is -2.27. The third-order valence-corrected chi connectivity index (χ3v) is 23.9. The standard InChI is InChI=1S/C25H25N3O4S.C23H24N6O5S.C23H28N4O5S.C19H21N3O4S/c1-25(2,16-32-21-13-7-12-20-15-33(30,31)28-23(26)22(20)21)27-24(29)19-11-6-10-18(14-19)17-8-4-3-5-9-17;1-14(30)17-10-29(13-26-17)19-9-15(7-8-25-19)22(31)27-23(2,3)12-34-18-6-4-5-16-11-35(32,33)28-21(24)20(16)18;1-14(2)21(28)25-17-9-5-7-15(11-17)22(29)26-23(3,4)13-32-18-10-6-8-16-12-33(30,31)27-20(24)19(16)18;1-19(2,21-18(23)13-7-4-3-5-8-13)12-26-15-10-6-9-14-11-27(24,25)22-17(20)16(14)15/h3-14H,15-16H2,1-2H3,(H2,26,28)(H,27,29);4-10,13H,11-12H2,1-3H3,(H2,24,28)(H,27,31);5-11,14H,12-13H2,1-4H3,(H2,24,27)(H,25,28)(H,26,29);3-10H,11-12H2,1-2H3,(H2,20,22)(H,21,23). The summed E-state index contributed by atoms with van der Waals surface area (Å²) in [7, 11) is -14.5. The maximum absolute atomic E-state index is 12.9. The van der Waals surface area contributed by atoms with Crippen LogP contribution in [0.15, 0.2) is 230 Å². The number of nitrogens with one attached hydrogen (secondary N) is 5. The fourth-order valence-electron chi connectivity index (χ4n) is 13.2. The van der Waals surface area contributed by atoms with Gasteiger partial charge in [0.05, 0.1) is 67.4 Å². The molecule has 0 fully saturated rings. The number of carbonyl (C=O) groups excluding carboxylic acids is 6. The quantitative estimate of drug-likeness (QED) is 0.0240. The number of hydrogen-bond donors (Lipinski definition) is 9. The van der Waals surface area contributed by atoms with Crippen molar-refractivity contribution in [2.45, 2.75) is 121 Å². The minimum Gasteiger partial charge on any atom is -0.490 e. The number of aromatic nitrogens is 3. The first-order valence-corrected chi connectivity index (χ1v) is 46.3. The Labute approximate surface area is 741 Å². The number of nitrogens with two attached hydrogens (primary N) is 4. The van der Waals surface area contributed by atoms with Crippen molar-refractivity contribution in [3.05, 3.63) is 285 Å². The predicted octanol–water partition coefficient (Wildman–Crippen LogP) is 9.34.